The van der Waals surface area contributed by atoms with Crippen molar-refractivity contribution >= 4 is 5.95 Å². The van der Waals surface area contributed by atoms with Gasteiger partial charge in [0, 0.05) is 7.05 Å². The first-order valence-corrected chi connectivity index (χ1v) is 3.27. The number of nitrogens with two attached hydrogens (primary N) is 1. The first kappa shape index (κ1) is 9.62. The van der Waals surface area contributed by atoms with E-state index < -0.39 is 24.4 Å². The highest BCUT2D eigenvalue weighted by molar-refractivity contribution is 5.13. The fourth-order valence-corrected chi connectivity index (χ4v) is 0.851. The predicted molar refractivity (Wildman–Crippen MR) is 37.9 cm³/mol. The van der Waals surface area contributed by atoms with Gasteiger partial charge in [0.2, 0.25) is 5.95 Å². The Labute approximate surface area is 70.6 Å². The number of aryl methyl sites for hydroxylation is 1. The Bertz CT molecular complexity index is 363. The van der Waals surface area contributed by atoms with Crippen LogP contribution in [0.5, 0.6) is 0 Å². The Morgan fingerprint density at radius 3 is 2.38 bits per heavy atom. The van der Waals surface area contributed by atoms with Crippen LogP contribution in [-0.4, -0.2) is 20.5 Å². The lowest BCUT2D eigenvalue weighted by Gasteiger charge is -2.05. The minimum Gasteiger partial charge on any atom is -0.368 e. The average molecular weight is 196 g/mol. The van der Waals surface area contributed by atoms with Crippen molar-refractivity contribution in [1.82, 2.24) is 14.3 Å². The van der Waals surface area contributed by atoms with E-state index in [0.29, 0.717) is 4.57 Å². The van der Waals surface area contributed by atoms with E-state index in [-0.39, 0.29) is 0 Å². The lowest BCUT2D eigenvalue weighted by atomic mass is 10.6. The van der Waals surface area contributed by atoms with Crippen molar-refractivity contribution in [2.45, 2.75) is 12.7 Å². The standard InChI is InChI=1S/C5H7F3N4O/c1-11-4(13)12(3(9)10-11)2-5(6,7)8/h2H2,1H3,(H2,9,10). The average Bonchev–Trinajstić information content (AvgIpc) is 2.14. The van der Waals surface area contributed by atoms with Crippen LogP contribution in [0.2, 0.25) is 0 Å². The van der Waals surface area contributed by atoms with Gasteiger partial charge in [-0.05, 0) is 0 Å². The third-order valence-corrected chi connectivity index (χ3v) is 1.37. The van der Waals surface area contributed by atoms with Crippen LogP contribution in [0, 0.1) is 0 Å². The Balaban J connectivity index is 3.09. The molecule has 2 N–H and O–H groups in total. The van der Waals surface area contributed by atoms with E-state index in [2.05, 4.69) is 5.10 Å². The van der Waals surface area contributed by atoms with Crippen molar-refractivity contribution in [1.29, 1.82) is 0 Å². The van der Waals surface area contributed by atoms with Crippen LogP contribution < -0.4 is 11.4 Å². The molecular formula is C5H7F3N4O. The van der Waals surface area contributed by atoms with Crippen molar-refractivity contribution in [2.24, 2.45) is 7.05 Å². The fourth-order valence-electron chi connectivity index (χ4n) is 0.851. The predicted octanol–water partition coefficient (Wildman–Crippen LogP) is -0.274. The molecule has 1 rings (SSSR count). The maximum absolute atomic E-state index is 11.9. The highest BCUT2D eigenvalue weighted by Crippen LogP contribution is 2.17. The quantitative estimate of drug-likeness (QED) is 0.672. The normalized spacial score (nSPS) is 12.0. The summed E-state index contributed by atoms with van der Waals surface area (Å²) in [6.07, 6.45) is -4.47. The summed E-state index contributed by atoms with van der Waals surface area (Å²) in [4.78, 5) is 11.0. The van der Waals surface area contributed by atoms with Gasteiger partial charge in [-0.3, -0.25) is 4.57 Å². The molecule has 1 aromatic heterocycles. The van der Waals surface area contributed by atoms with Gasteiger partial charge in [-0.15, -0.1) is 5.10 Å². The number of hydrogen-bond donors (Lipinski definition) is 1. The molecule has 0 saturated carbocycles. The molecule has 5 nitrogen and oxygen atoms in total. The van der Waals surface area contributed by atoms with E-state index in [9.17, 15) is 18.0 Å². The molecule has 0 amide bonds. The van der Waals surface area contributed by atoms with Gasteiger partial charge >= 0.3 is 11.9 Å². The zero-order valence-electron chi connectivity index (χ0n) is 6.67. The number of alkyl halides is 3. The first-order chi connectivity index (χ1) is 5.81. The molecule has 0 fully saturated rings. The molecule has 0 aromatic carbocycles. The molecule has 74 valence electrons. The van der Waals surface area contributed by atoms with Crippen molar-refractivity contribution < 1.29 is 13.2 Å². The molecule has 0 atom stereocenters. The van der Waals surface area contributed by atoms with Gasteiger partial charge in [-0.1, -0.05) is 0 Å². The van der Waals surface area contributed by atoms with Crippen LogP contribution in [0.25, 0.3) is 0 Å². The van der Waals surface area contributed by atoms with Crippen LogP contribution in [0.3, 0.4) is 0 Å². The number of nitrogens with zero attached hydrogens (tertiary/aromatic N) is 3. The molecule has 0 bridgehead atoms. The molecule has 0 saturated heterocycles. The monoisotopic (exact) mass is 196 g/mol. The Morgan fingerprint density at radius 2 is 2.08 bits per heavy atom. The number of hydrogen-bond acceptors (Lipinski definition) is 3. The fraction of sp³-hybridized carbons (Fsp3) is 0.600. The minimum atomic E-state index is -4.47. The minimum absolute atomic E-state index is 0.361. The van der Waals surface area contributed by atoms with E-state index in [0.717, 1.165) is 4.68 Å². The summed E-state index contributed by atoms with van der Waals surface area (Å²) in [6.45, 7) is -1.41. The van der Waals surface area contributed by atoms with Crippen molar-refractivity contribution in [3.05, 3.63) is 10.5 Å². The number of nitrogen functional groups attached to an aromatic ring is 1. The largest absolute Gasteiger partial charge is 0.406 e. The van der Waals surface area contributed by atoms with Crippen molar-refractivity contribution in [2.75, 3.05) is 5.73 Å². The van der Waals surface area contributed by atoms with Crippen LogP contribution in [0.4, 0.5) is 19.1 Å². The first-order valence-electron chi connectivity index (χ1n) is 3.27. The number of halogens is 3. The Kier molecular flexibility index (Phi) is 2.06. The summed E-state index contributed by atoms with van der Waals surface area (Å²) in [5.41, 5.74) is 4.20. The Morgan fingerprint density at radius 1 is 1.54 bits per heavy atom. The van der Waals surface area contributed by atoms with Crippen molar-refractivity contribution in [3.63, 3.8) is 0 Å². The SMILES string of the molecule is Cn1nc(N)n(CC(F)(F)F)c1=O. The lowest BCUT2D eigenvalue weighted by Crippen LogP contribution is -2.29. The topological polar surface area (TPSA) is 65.8 Å². The zero-order valence-corrected chi connectivity index (χ0v) is 6.67. The van der Waals surface area contributed by atoms with Crippen LogP contribution >= 0.6 is 0 Å². The highest BCUT2D eigenvalue weighted by Gasteiger charge is 2.30. The van der Waals surface area contributed by atoms with E-state index in [1.807, 2.05) is 0 Å². The summed E-state index contributed by atoms with van der Waals surface area (Å²) in [6, 6.07) is 0. The van der Waals surface area contributed by atoms with Crippen LogP contribution in [0.1, 0.15) is 0 Å². The van der Waals surface area contributed by atoms with Crippen molar-refractivity contribution in [3.8, 4) is 0 Å². The second kappa shape index (κ2) is 2.79. The molecule has 8 heteroatoms. The smallest absolute Gasteiger partial charge is 0.368 e. The lowest BCUT2D eigenvalue weighted by molar-refractivity contribution is -0.140. The van der Waals surface area contributed by atoms with Gasteiger partial charge in [0.25, 0.3) is 0 Å². The molecule has 13 heavy (non-hydrogen) atoms. The molecule has 0 aliphatic carbocycles. The number of rotatable bonds is 1. The van der Waals surface area contributed by atoms with E-state index in [1.54, 1.807) is 0 Å². The van der Waals surface area contributed by atoms with Gasteiger partial charge in [0.15, 0.2) is 0 Å². The van der Waals surface area contributed by atoms with Gasteiger partial charge in [0.05, 0.1) is 0 Å². The van der Waals surface area contributed by atoms with E-state index in [4.69, 9.17) is 5.73 Å². The molecule has 0 radical (unpaired) electrons. The van der Waals surface area contributed by atoms with Gasteiger partial charge in [0.1, 0.15) is 6.54 Å². The number of aromatic nitrogens is 3. The third-order valence-electron chi connectivity index (χ3n) is 1.37. The summed E-state index contributed by atoms with van der Waals surface area (Å²) < 4.78 is 36.7. The van der Waals surface area contributed by atoms with Gasteiger partial charge in [-0.2, -0.15) is 13.2 Å². The van der Waals surface area contributed by atoms with Crippen LogP contribution in [-0.2, 0) is 13.6 Å². The molecule has 1 heterocycles. The molecule has 0 spiro atoms. The summed E-state index contributed by atoms with van der Waals surface area (Å²) >= 11 is 0. The van der Waals surface area contributed by atoms with E-state index >= 15 is 0 Å². The highest BCUT2D eigenvalue weighted by atomic mass is 19.4. The molecular weight excluding hydrogens is 189 g/mol. The van der Waals surface area contributed by atoms with Crippen LogP contribution in [0.15, 0.2) is 4.79 Å². The molecule has 0 unspecified atom stereocenters. The maximum atomic E-state index is 11.9. The molecule has 0 aliphatic heterocycles. The van der Waals surface area contributed by atoms with Gasteiger partial charge in [-0.25, -0.2) is 9.48 Å². The molecule has 0 aliphatic rings. The van der Waals surface area contributed by atoms with E-state index in [1.165, 1.54) is 7.05 Å². The maximum Gasteiger partial charge on any atom is 0.406 e. The number of anilines is 1. The summed E-state index contributed by atoms with van der Waals surface area (Å²) in [5.74, 6) is -0.440. The Hall–Kier alpha value is -1.47. The molecule has 1 aromatic rings. The summed E-state index contributed by atoms with van der Waals surface area (Å²) in [5, 5.41) is 3.34. The second-order valence-electron chi connectivity index (χ2n) is 2.47. The third kappa shape index (κ3) is 2.01. The summed E-state index contributed by atoms with van der Waals surface area (Å²) in [7, 11) is 1.23. The zero-order chi connectivity index (χ0) is 10.2. The second-order valence-corrected chi connectivity index (χ2v) is 2.47. The van der Waals surface area contributed by atoms with Gasteiger partial charge < -0.3 is 5.73 Å².